The van der Waals surface area contributed by atoms with Crippen molar-refractivity contribution in [3.05, 3.63) is 33.8 Å². The van der Waals surface area contributed by atoms with Gasteiger partial charge in [0, 0.05) is 0 Å². The van der Waals surface area contributed by atoms with Gasteiger partial charge in [-0.05, 0) is 30.5 Å². The Bertz CT molecular complexity index is 779. The van der Waals surface area contributed by atoms with Crippen molar-refractivity contribution in [3.8, 4) is 0 Å². The number of carbonyl (C=O) groups excluding carboxylic acids is 1. The quantitative estimate of drug-likeness (QED) is 0.719. The van der Waals surface area contributed by atoms with Gasteiger partial charge in [0.2, 0.25) is 11.0 Å². The molecule has 0 saturated heterocycles. The Morgan fingerprint density at radius 3 is 2.50 bits per heavy atom. The van der Waals surface area contributed by atoms with Crippen molar-refractivity contribution in [1.82, 2.24) is 10.2 Å². The van der Waals surface area contributed by atoms with Crippen molar-refractivity contribution in [2.24, 2.45) is 5.92 Å². The molecule has 2 rings (SSSR count). The van der Waals surface area contributed by atoms with Gasteiger partial charge >= 0.3 is 6.18 Å². The van der Waals surface area contributed by atoms with Gasteiger partial charge in [-0.15, -0.1) is 10.2 Å². The Balaban J connectivity index is 2.16. The van der Waals surface area contributed by atoms with E-state index >= 15 is 0 Å². The number of aryl methyl sites for hydroxylation is 1. The molecule has 10 heteroatoms. The molecule has 1 aromatic carbocycles. The second-order valence-corrected chi connectivity index (χ2v) is 7.37. The molecule has 0 aliphatic carbocycles. The average molecular weight is 407 g/mol. The third-order valence-electron chi connectivity index (χ3n) is 3.56. The molecule has 1 unspecified atom stereocenters. The summed E-state index contributed by atoms with van der Waals surface area (Å²) in [5.74, 6) is -0.512. The first kappa shape index (κ1) is 20.4. The van der Waals surface area contributed by atoms with E-state index in [-0.39, 0.29) is 22.5 Å². The number of nitrogens with one attached hydrogen (secondary N) is 2. The van der Waals surface area contributed by atoms with Gasteiger partial charge < -0.3 is 5.32 Å². The van der Waals surface area contributed by atoms with Crippen LogP contribution in [0.3, 0.4) is 0 Å². The number of aromatic nitrogens is 2. The molecule has 1 amide bonds. The molecule has 26 heavy (non-hydrogen) atoms. The van der Waals surface area contributed by atoms with Crippen LogP contribution in [0.2, 0.25) is 5.02 Å². The fourth-order valence-corrected chi connectivity index (χ4v) is 3.06. The molecule has 5 nitrogen and oxygen atoms in total. The molecule has 0 bridgehead atoms. The lowest BCUT2D eigenvalue weighted by Crippen LogP contribution is -2.39. The Morgan fingerprint density at radius 1 is 1.31 bits per heavy atom. The summed E-state index contributed by atoms with van der Waals surface area (Å²) in [6, 6.07) is 2.26. The number of alkyl halides is 3. The summed E-state index contributed by atoms with van der Waals surface area (Å²) in [6.45, 7) is 5.55. The lowest BCUT2D eigenvalue weighted by molar-refractivity contribution is -0.137. The highest BCUT2D eigenvalue weighted by Crippen LogP contribution is 2.34. The minimum Gasteiger partial charge on any atom is -0.372 e. The second kappa shape index (κ2) is 8.22. The van der Waals surface area contributed by atoms with E-state index in [4.69, 9.17) is 11.6 Å². The van der Waals surface area contributed by atoms with Gasteiger partial charge in [-0.25, -0.2) is 0 Å². The number of nitrogens with zero attached hydrogens (tertiary/aromatic N) is 2. The van der Waals surface area contributed by atoms with Crippen molar-refractivity contribution in [2.75, 3.05) is 10.6 Å². The van der Waals surface area contributed by atoms with Gasteiger partial charge in [0.1, 0.15) is 11.0 Å². The van der Waals surface area contributed by atoms with Crippen molar-refractivity contribution in [3.63, 3.8) is 0 Å². The van der Waals surface area contributed by atoms with E-state index in [2.05, 4.69) is 20.8 Å². The monoisotopic (exact) mass is 406 g/mol. The number of amides is 1. The topological polar surface area (TPSA) is 66.9 Å². The summed E-state index contributed by atoms with van der Waals surface area (Å²) in [5.41, 5.74) is -0.598. The molecule has 0 radical (unpaired) electrons. The first-order valence-electron chi connectivity index (χ1n) is 7.88. The highest BCUT2D eigenvalue weighted by molar-refractivity contribution is 7.15. The maximum atomic E-state index is 12.7. The van der Waals surface area contributed by atoms with Crippen LogP contribution in [0, 0.1) is 5.92 Å². The predicted octanol–water partition coefficient (Wildman–Crippen LogP) is 4.85. The highest BCUT2D eigenvalue weighted by Gasteiger charge is 2.31. The van der Waals surface area contributed by atoms with Crippen LogP contribution in [-0.4, -0.2) is 22.1 Å². The lowest BCUT2D eigenvalue weighted by atomic mass is 10.0. The highest BCUT2D eigenvalue weighted by atomic mass is 35.5. The second-order valence-electron chi connectivity index (χ2n) is 5.90. The SMILES string of the molecule is CCc1nnc(NC(=O)C(Nc2ccc(C(F)(F)F)cc2Cl)C(C)C)s1. The van der Waals surface area contributed by atoms with Gasteiger partial charge in [-0.2, -0.15) is 13.2 Å². The van der Waals surface area contributed by atoms with Crippen LogP contribution >= 0.6 is 22.9 Å². The van der Waals surface area contributed by atoms with E-state index in [0.717, 1.165) is 17.1 Å². The van der Waals surface area contributed by atoms with Crippen LogP contribution in [0.1, 0.15) is 31.3 Å². The Hall–Kier alpha value is -1.87. The van der Waals surface area contributed by atoms with Gasteiger partial charge in [-0.1, -0.05) is 43.7 Å². The zero-order chi connectivity index (χ0) is 19.5. The number of hydrogen-bond donors (Lipinski definition) is 2. The van der Waals surface area contributed by atoms with Crippen LogP contribution in [0.4, 0.5) is 24.0 Å². The summed E-state index contributed by atoms with van der Waals surface area (Å²) in [6.07, 6.45) is -3.77. The Labute approximate surface area is 158 Å². The summed E-state index contributed by atoms with van der Waals surface area (Å²) in [4.78, 5) is 12.5. The molecule has 1 atom stereocenters. The van der Waals surface area contributed by atoms with Crippen molar-refractivity contribution < 1.29 is 18.0 Å². The minimum atomic E-state index is -4.48. The fourth-order valence-electron chi connectivity index (χ4n) is 2.14. The molecule has 0 saturated carbocycles. The zero-order valence-electron chi connectivity index (χ0n) is 14.3. The molecule has 0 spiro atoms. The van der Waals surface area contributed by atoms with Crippen LogP contribution in [-0.2, 0) is 17.4 Å². The number of rotatable bonds is 6. The fraction of sp³-hybridized carbons (Fsp3) is 0.438. The summed E-state index contributed by atoms with van der Waals surface area (Å²) < 4.78 is 38.2. The summed E-state index contributed by atoms with van der Waals surface area (Å²) in [5, 5.41) is 14.5. The smallest absolute Gasteiger partial charge is 0.372 e. The third-order valence-corrected chi connectivity index (χ3v) is 4.85. The molecule has 2 N–H and O–H groups in total. The molecule has 142 valence electrons. The maximum absolute atomic E-state index is 12.7. The third kappa shape index (κ3) is 5.07. The number of benzene rings is 1. The summed E-state index contributed by atoms with van der Waals surface area (Å²) in [7, 11) is 0. The summed E-state index contributed by atoms with van der Waals surface area (Å²) >= 11 is 7.23. The van der Waals surface area contributed by atoms with E-state index < -0.39 is 17.8 Å². The molecule has 1 aromatic heterocycles. The van der Waals surface area contributed by atoms with Crippen molar-refractivity contribution >= 4 is 39.7 Å². The molecule has 2 aromatic rings. The van der Waals surface area contributed by atoms with E-state index in [1.807, 2.05) is 20.8 Å². The lowest BCUT2D eigenvalue weighted by Gasteiger charge is -2.23. The van der Waals surface area contributed by atoms with E-state index in [0.29, 0.717) is 11.6 Å². The molecule has 0 aliphatic rings. The molecular formula is C16H18ClF3N4OS. The molecule has 0 aliphatic heterocycles. The van der Waals surface area contributed by atoms with Gasteiger partial charge in [0.15, 0.2) is 0 Å². The average Bonchev–Trinajstić information content (AvgIpc) is 2.99. The van der Waals surface area contributed by atoms with Crippen LogP contribution in [0.15, 0.2) is 18.2 Å². The van der Waals surface area contributed by atoms with Gasteiger partial charge in [0.05, 0.1) is 16.3 Å². The molecule has 0 fully saturated rings. The largest absolute Gasteiger partial charge is 0.416 e. The van der Waals surface area contributed by atoms with Crippen LogP contribution in [0.25, 0.3) is 0 Å². The van der Waals surface area contributed by atoms with E-state index in [1.54, 1.807) is 0 Å². The van der Waals surface area contributed by atoms with Crippen LogP contribution < -0.4 is 10.6 Å². The number of carbonyl (C=O) groups is 1. The first-order valence-corrected chi connectivity index (χ1v) is 9.07. The van der Waals surface area contributed by atoms with E-state index in [1.165, 1.54) is 17.4 Å². The van der Waals surface area contributed by atoms with Gasteiger partial charge in [0.25, 0.3) is 0 Å². The number of hydrogen-bond acceptors (Lipinski definition) is 5. The predicted molar refractivity (Wildman–Crippen MR) is 96.6 cm³/mol. The van der Waals surface area contributed by atoms with Crippen molar-refractivity contribution in [2.45, 2.75) is 39.4 Å². The Morgan fingerprint density at radius 2 is 2.00 bits per heavy atom. The zero-order valence-corrected chi connectivity index (χ0v) is 15.9. The normalized spacial score (nSPS) is 12.9. The standard InChI is InChI=1S/C16H18ClF3N4OS/c1-4-12-23-24-15(26-12)22-14(25)13(8(2)3)21-11-6-5-9(7-10(11)17)16(18,19)20/h5-8,13,21H,4H2,1-3H3,(H,22,24,25). The van der Waals surface area contributed by atoms with E-state index in [9.17, 15) is 18.0 Å². The first-order chi connectivity index (χ1) is 12.1. The minimum absolute atomic E-state index is 0.109. The number of anilines is 2. The van der Waals surface area contributed by atoms with Crippen molar-refractivity contribution in [1.29, 1.82) is 0 Å². The molecule has 1 heterocycles. The Kier molecular flexibility index (Phi) is 6.46. The number of halogens is 4. The maximum Gasteiger partial charge on any atom is 0.416 e. The van der Waals surface area contributed by atoms with Crippen LogP contribution in [0.5, 0.6) is 0 Å². The van der Waals surface area contributed by atoms with Gasteiger partial charge in [-0.3, -0.25) is 10.1 Å². The molecular weight excluding hydrogens is 389 g/mol.